The molecule has 0 N–H and O–H groups in total. The number of hydrogen-bond acceptors (Lipinski definition) is 3. The average Bonchev–Trinajstić information content (AvgIpc) is 2.26. The molecule has 0 unspecified atom stereocenters. The molecule has 1 aromatic heterocycles. The van der Waals surface area contributed by atoms with E-state index in [2.05, 4.69) is 9.98 Å². The van der Waals surface area contributed by atoms with Gasteiger partial charge < -0.3 is 0 Å². The van der Waals surface area contributed by atoms with E-state index in [0.717, 1.165) is 16.6 Å². The molecule has 0 fully saturated rings. The van der Waals surface area contributed by atoms with Gasteiger partial charge in [-0.15, -0.1) is 0 Å². The number of benzene rings is 1. The largest absolute Gasteiger partial charge is 0.293 e. The van der Waals surface area contributed by atoms with E-state index in [-0.39, 0.29) is 5.78 Å². The van der Waals surface area contributed by atoms with Gasteiger partial charge in [0, 0.05) is 18.5 Å². The Morgan fingerprint density at radius 2 is 2.13 bits per heavy atom. The zero-order valence-corrected chi connectivity index (χ0v) is 8.34. The summed E-state index contributed by atoms with van der Waals surface area (Å²) in [5, 5.41) is 1.02. The third-order valence-electron chi connectivity index (χ3n) is 2.00. The summed E-state index contributed by atoms with van der Waals surface area (Å²) in [5.41, 5.74) is 1.54. The van der Waals surface area contributed by atoms with Crippen LogP contribution in [-0.4, -0.2) is 17.0 Å². The summed E-state index contributed by atoms with van der Waals surface area (Å²) in [6.07, 6.45) is 3.03. The number of hydrogen-bond donors (Lipinski definition) is 0. The molecule has 0 spiro atoms. The van der Waals surface area contributed by atoms with Crippen molar-refractivity contribution in [2.45, 2.75) is 6.92 Å². The van der Waals surface area contributed by atoms with E-state index in [1.165, 1.54) is 13.1 Å². The number of rotatable bonds is 2. The monoisotopic (exact) mass is 198 g/mol. The molecule has 1 aromatic carbocycles. The van der Waals surface area contributed by atoms with Gasteiger partial charge in [0.05, 0.1) is 17.4 Å². The van der Waals surface area contributed by atoms with E-state index in [4.69, 9.17) is 0 Å². The van der Waals surface area contributed by atoms with Gasteiger partial charge in [-0.1, -0.05) is 18.2 Å². The highest BCUT2D eigenvalue weighted by Gasteiger charge is 1.98. The number of aliphatic imine (C=N–C) groups is 1. The predicted octanol–water partition coefficient (Wildman–Crippen LogP) is 2.53. The molecule has 3 nitrogen and oxygen atoms in total. The highest BCUT2D eigenvalue weighted by molar-refractivity contribution is 6.27. The van der Waals surface area contributed by atoms with Gasteiger partial charge in [-0.25, -0.2) is 0 Å². The zero-order valence-electron chi connectivity index (χ0n) is 8.34. The van der Waals surface area contributed by atoms with E-state index >= 15 is 0 Å². The number of nitrogens with zero attached hydrogens (tertiary/aromatic N) is 2. The normalized spacial score (nSPS) is 11.0. The van der Waals surface area contributed by atoms with Gasteiger partial charge in [-0.3, -0.25) is 14.8 Å². The van der Waals surface area contributed by atoms with Gasteiger partial charge in [0.25, 0.3) is 0 Å². The molecule has 0 saturated carbocycles. The number of ketones is 1. The Bertz CT molecular complexity index is 527. The number of carbonyl (C=O) groups is 1. The van der Waals surface area contributed by atoms with Crippen molar-refractivity contribution in [3.63, 3.8) is 0 Å². The van der Waals surface area contributed by atoms with Crippen LogP contribution in [0, 0.1) is 0 Å². The maximum atomic E-state index is 10.8. The molecule has 0 amide bonds. The number of para-hydroxylation sites is 1. The molecule has 0 aliphatic carbocycles. The van der Waals surface area contributed by atoms with Crippen molar-refractivity contribution in [3.05, 3.63) is 36.5 Å². The predicted molar refractivity (Wildman–Crippen MR) is 60.6 cm³/mol. The second-order valence-electron chi connectivity index (χ2n) is 3.22. The fourth-order valence-corrected chi connectivity index (χ4v) is 1.35. The number of pyridine rings is 1. The summed E-state index contributed by atoms with van der Waals surface area (Å²) in [6.45, 7) is 1.47. The maximum Gasteiger partial charge on any atom is 0.170 e. The van der Waals surface area contributed by atoms with Crippen molar-refractivity contribution < 1.29 is 4.79 Å². The van der Waals surface area contributed by atoms with E-state index in [1.54, 1.807) is 6.20 Å². The van der Waals surface area contributed by atoms with Gasteiger partial charge in [0.2, 0.25) is 0 Å². The van der Waals surface area contributed by atoms with Crippen LogP contribution in [0.4, 0.5) is 5.69 Å². The van der Waals surface area contributed by atoms with Crippen LogP contribution in [0.3, 0.4) is 0 Å². The minimum Gasteiger partial charge on any atom is -0.293 e. The van der Waals surface area contributed by atoms with Gasteiger partial charge >= 0.3 is 0 Å². The second-order valence-corrected chi connectivity index (χ2v) is 3.22. The van der Waals surface area contributed by atoms with Crippen molar-refractivity contribution in [3.8, 4) is 0 Å². The Hall–Kier alpha value is -2.03. The molecule has 3 heteroatoms. The quantitative estimate of drug-likeness (QED) is 0.696. The summed E-state index contributed by atoms with van der Waals surface area (Å²) in [6, 6.07) is 9.55. The van der Waals surface area contributed by atoms with Crippen LogP contribution in [0.2, 0.25) is 0 Å². The minimum absolute atomic E-state index is 0.0667. The molecule has 0 saturated heterocycles. The van der Waals surface area contributed by atoms with Gasteiger partial charge in [0.1, 0.15) is 0 Å². The van der Waals surface area contributed by atoms with Crippen LogP contribution in [0.5, 0.6) is 0 Å². The molecule has 1 heterocycles. The molecule has 0 radical (unpaired) electrons. The Morgan fingerprint density at radius 1 is 1.33 bits per heavy atom. The second kappa shape index (κ2) is 4.00. The standard InChI is InChI=1S/C12H10N2O/c1-9(15)8-14-11-6-2-4-10-5-3-7-13-12(10)11/h2-8H,1H3. The van der Waals surface area contributed by atoms with Crippen LogP contribution in [0.15, 0.2) is 41.5 Å². The molecular formula is C12H10N2O. The summed E-state index contributed by atoms with van der Waals surface area (Å²) in [5.74, 6) is -0.0667. The third kappa shape index (κ3) is 2.07. The highest BCUT2D eigenvalue weighted by atomic mass is 16.1. The third-order valence-corrected chi connectivity index (χ3v) is 2.00. The molecule has 0 aliphatic heterocycles. The van der Waals surface area contributed by atoms with Crippen molar-refractivity contribution in [2.24, 2.45) is 4.99 Å². The van der Waals surface area contributed by atoms with Crippen LogP contribution in [-0.2, 0) is 4.79 Å². The number of fused-ring (bicyclic) bond motifs is 1. The first kappa shape index (κ1) is 9.52. The Balaban J connectivity index is 2.56. The maximum absolute atomic E-state index is 10.8. The lowest BCUT2D eigenvalue weighted by Gasteiger charge is -1.99. The molecule has 15 heavy (non-hydrogen) atoms. The topological polar surface area (TPSA) is 42.3 Å². The lowest BCUT2D eigenvalue weighted by atomic mass is 10.2. The van der Waals surface area contributed by atoms with Gasteiger partial charge in [-0.2, -0.15) is 0 Å². The van der Waals surface area contributed by atoms with Gasteiger partial charge in [-0.05, 0) is 12.1 Å². The molecule has 0 bridgehead atoms. The Labute approximate surface area is 87.5 Å². The van der Waals surface area contributed by atoms with E-state index in [1.807, 2.05) is 30.3 Å². The fourth-order valence-electron chi connectivity index (χ4n) is 1.35. The lowest BCUT2D eigenvalue weighted by molar-refractivity contribution is -0.110. The van der Waals surface area contributed by atoms with Crippen LogP contribution < -0.4 is 0 Å². The van der Waals surface area contributed by atoms with Crippen molar-refractivity contribution in [1.29, 1.82) is 0 Å². The average molecular weight is 198 g/mol. The Morgan fingerprint density at radius 3 is 2.93 bits per heavy atom. The van der Waals surface area contributed by atoms with Crippen molar-refractivity contribution >= 4 is 28.6 Å². The van der Waals surface area contributed by atoms with Gasteiger partial charge in [0.15, 0.2) is 5.78 Å². The molecule has 0 aliphatic rings. The molecule has 2 rings (SSSR count). The number of Topliss-reactive ketones (excluding diaryl/α,β-unsaturated/α-hetero) is 1. The van der Waals surface area contributed by atoms with Crippen molar-refractivity contribution in [2.75, 3.05) is 0 Å². The first-order valence-electron chi connectivity index (χ1n) is 4.66. The van der Waals surface area contributed by atoms with Crippen LogP contribution in [0.25, 0.3) is 10.9 Å². The summed E-state index contributed by atoms with van der Waals surface area (Å²) >= 11 is 0. The fraction of sp³-hybridized carbons (Fsp3) is 0.0833. The smallest absolute Gasteiger partial charge is 0.170 e. The first-order valence-corrected chi connectivity index (χ1v) is 4.66. The summed E-state index contributed by atoms with van der Waals surface area (Å²) in [7, 11) is 0. The SMILES string of the molecule is CC(=O)C=Nc1cccc2cccnc12. The Kier molecular flexibility index (Phi) is 2.54. The van der Waals surface area contributed by atoms with E-state index in [9.17, 15) is 4.79 Å². The highest BCUT2D eigenvalue weighted by Crippen LogP contribution is 2.22. The summed E-state index contributed by atoms with van der Waals surface area (Å²) < 4.78 is 0. The molecule has 0 atom stereocenters. The summed E-state index contributed by atoms with van der Waals surface area (Å²) in [4.78, 5) is 19.1. The van der Waals surface area contributed by atoms with Crippen LogP contribution in [0.1, 0.15) is 6.92 Å². The zero-order chi connectivity index (χ0) is 10.7. The molecule has 74 valence electrons. The first-order chi connectivity index (χ1) is 7.27. The van der Waals surface area contributed by atoms with E-state index in [0.29, 0.717) is 0 Å². The number of aromatic nitrogens is 1. The lowest BCUT2D eigenvalue weighted by Crippen LogP contribution is -1.88. The van der Waals surface area contributed by atoms with E-state index < -0.39 is 0 Å². The minimum atomic E-state index is -0.0667. The van der Waals surface area contributed by atoms with Crippen LogP contribution >= 0.6 is 0 Å². The van der Waals surface area contributed by atoms with Crippen molar-refractivity contribution in [1.82, 2.24) is 4.98 Å². The molecule has 2 aromatic rings. The number of carbonyl (C=O) groups excluding carboxylic acids is 1. The molecular weight excluding hydrogens is 188 g/mol.